The molecule has 0 saturated carbocycles. The molecule has 0 spiro atoms. The van der Waals surface area contributed by atoms with E-state index < -0.39 is 0 Å². The Bertz CT molecular complexity index is 273. The maximum atomic E-state index is 11.8. The zero-order valence-electron chi connectivity index (χ0n) is 13.2. The van der Waals surface area contributed by atoms with E-state index in [0.717, 1.165) is 65.0 Å². The molecule has 1 unspecified atom stereocenters. The first-order chi connectivity index (χ1) is 9.71. The Morgan fingerprint density at radius 3 is 2.70 bits per heavy atom. The SMILES string of the molecule is CCCNC(=O)CN1CCCN(C(CC)CCN)CC1. The second-order valence-corrected chi connectivity index (χ2v) is 5.66. The Labute approximate surface area is 123 Å². The molecule has 0 aliphatic carbocycles. The summed E-state index contributed by atoms with van der Waals surface area (Å²) in [6.07, 6.45) is 4.38. The molecule has 20 heavy (non-hydrogen) atoms. The van der Waals surface area contributed by atoms with Crippen LogP contribution in [0.1, 0.15) is 39.5 Å². The number of nitrogens with zero attached hydrogens (tertiary/aromatic N) is 2. The van der Waals surface area contributed by atoms with E-state index in [4.69, 9.17) is 5.73 Å². The van der Waals surface area contributed by atoms with Gasteiger partial charge in [-0.2, -0.15) is 0 Å². The Morgan fingerprint density at radius 1 is 1.25 bits per heavy atom. The van der Waals surface area contributed by atoms with Crippen molar-refractivity contribution in [2.75, 3.05) is 45.8 Å². The standard InChI is InChI=1S/C15H32N4O/c1-3-8-17-15(20)13-18-9-5-10-19(12-11-18)14(4-2)6-7-16/h14H,3-13,16H2,1-2H3,(H,17,20). The Kier molecular flexibility index (Phi) is 8.82. The van der Waals surface area contributed by atoms with Crippen molar-refractivity contribution in [3.8, 4) is 0 Å². The molecule has 1 aliphatic rings. The number of carbonyl (C=O) groups excluding carboxylic acids is 1. The molecule has 1 amide bonds. The highest BCUT2D eigenvalue weighted by Crippen LogP contribution is 2.12. The van der Waals surface area contributed by atoms with E-state index in [1.807, 2.05) is 0 Å². The fraction of sp³-hybridized carbons (Fsp3) is 0.933. The number of amides is 1. The molecule has 118 valence electrons. The molecule has 0 radical (unpaired) electrons. The average Bonchev–Trinajstić information content (AvgIpc) is 2.68. The highest BCUT2D eigenvalue weighted by Gasteiger charge is 2.21. The lowest BCUT2D eigenvalue weighted by Gasteiger charge is -2.29. The number of carbonyl (C=O) groups is 1. The van der Waals surface area contributed by atoms with Crippen LogP contribution in [0.4, 0.5) is 0 Å². The molecule has 1 saturated heterocycles. The van der Waals surface area contributed by atoms with Gasteiger partial charge < -0.3 is 11.1 Å². The summed E-state index contributed by atoms with van der Waals surface area (Å²) in [7, 11) is 0. The lowest BCUT2D eigenvalue weighted by atomic mass is 10.1. The second kappa shape index (κ2) is 10.1. The summed E-state index contributed by atoms with van der Waals surface area (Å²) < 4.78 is 0. The number of hydrogen-bond acceptors (Lipinski definition) is 4. The quantitative estimate of drug-likeness (QED) is 0.687. The van der Waals surface area contributed by atoms with Gasteiger partial charge in [0.1, 0.15) is 0 Å². The molecule has 0 bridgehead atoms. The number of nitrogens with two attached hydrogens (primary N) is 1. The van der Waals surface area contributed by atoms with Gasteiger partial charge in [0.2, 0.25) is 5.91 Å². The van der Waals surface area contributed by atoms with Crippen LogP contribution in [0.2, 0.25) is 0 Å². The molecule has 1 fully saturated rings. The molecule has 0 aromatic rings. The van der Waals surface area contributed by atoms with Gasteiger partial charge in [-0.1, -0.05) is 13.8 Å². The molecule has 5 heteroatoms. The second-order valence-electron chi connectivity index (χ2n) is 5.66. The van der Waals surface area contributed by atoms with E-state index in [9.17, 15) is 4.79 Å². The fourth-order valence-corrected chi connectivity index (χ4v) is 2.87. The molecule has 1 heterocycles. The number of nitrogens with one attached hydrogen (secondary N) is 1. The van der Waals surface area contributed by atoms with Gasteiger partial charge >= 0.3 is 0 Å². The zero-order chi connectivity index (χ0) is 14.8. The van der Waals surface area contributed by atoms with Crippen LogP contribution >= 0.6 is 0 Å². The molecule has 0 aromatic heterocycles. The Hall–Kier alpha value is -0.650. The third-order valence-electron chi connectivity index (χ3n) is 4.05. The summed E-state index contributed by atoms with van der Waals surface area (Å²) in [5.41, 5.74) is 5.70. The molecule has 1 atom stereocenters. The summed E-state index contributed by atoms with van der Waals surface area (Å²) in [5.74, 6) is 0.161. The van der Waals surface area contributed by atoms with Crippen LogP contribution in [0, 0.1) is 0 Å². The van der Waals surface area contributed by atoms with Crippen molar-refractivity contribution in [3.05, 3.63) is 0 Å². The van der Waals surface area contributed by atoms with Crippen molar-refractivity contribution in [2.24, 2.45) is 5.73 Å². The van der Waals surface area contributed by atoms with Gasteiger partial charge in [0, 0.05) is 25.7 Å². The lowest BCUT2D eigenvalue weighted by Crippen LogP contribution is -2.41. The first kappa shape index (κ1) is 17.4. The molecule has 1 aliphatic heterocycles. The summed E-state index contributed by atoms with van der Waals surface area (Å²) in [4.78, 5) is 16.6. The summed E-state index contributed by atoms with van der Waals surface area (Å²) in [6.45, 7) is 10.6. The maximum Gasteiger partial charge on any atom is 0.234 e. The van der Waals surface area contributed by atoms with Crippen molar-refractivity contribution >= 4 is 5.91 Å². The molecular formula is C15H32N4O. The minimum Gasteiger partial charge on any atom is -0.355 e. The largest absolute Gasteiger partial charge is 0.355 e. The molecular weight excluding hydrogens is 252 g/mol. The average molecular weight is 284 g/mol. The van der Waals surface area contributed by atoms with E-state index in [2.05, 4.69) is 29.0 Å². The topological polar surface area (TPSA) is 61.6 Å². The smallest absolute Gasteiger partial charge is 0.234 e. The maximum absolute atomic E-state index is 11.8. The molecule has 0 aromatic carbocycles. The van der Waals surface area contributed by atoms with E-state index in [1.165, 1.54) is 0 Å². The van der Waals surface area contributed by atoms with Crippen LogP contribution in [-0.2, 0) is 4.79 Å². The van der Waals surface area contributed by atoms with Gasteiger partial charge in [-0.05, 0) is 45.3 Å². The highest BCUT2D eigenvalue weighted by molar-refractivity contribution is 5.77. The van der Waals surface area contributed by atoms with Gasteiger partial charge in [-0.25, -0.2) is 0 Å². The van der Waals surface area contributed by atoms with E-state index >= 15 is 0 Å². The first-order valence-electron chi connectivity index (χ1n) is 8.14. The van der Waals surface area contributed by atoms with Crippen molar-refractivity contribution in [3.63, 3.8) is 0 Å². The van der Waals surface area contributed by atoms with Gasteiger partial charge in [-0.15, -0.1) is 0 Å². The van der Waals surface area contributed by atoms with Gasteiger partial charge in [0.25, 0.3) is 0 Å². The van der Waals surface area contributed by atoms with Crippen molar-refractivity contribution in [1.29, 1.82) is 0 Å². The molecule has 3 N–H and O–H groups in total. The van der Waals surface area contributed by atoms with Crippen molar-refractivity contribution in [2.45, 2.75) is 45.6 Å². The molecule has 5 nitrogen and oxygen atoms in total. The Balaban J connectivity index is 2.36. The monoisotopic (exact) mass is 284 g/mol. The first-order valence-corrected chi connectivity index (χ1v) is 8.14. The van der Waals surface area contributed by atoms with Gasteiger partial charge in [-0.3, -0.25) is 14.6 Å². The van der Waals surface area contributed by atoms with Gasteiger partial charge in [0.15, 0.2) is 0 Å². The molecule has 1 rings (SSSR count). The normalized spacial score (nSPS) is 19.6. The van der Waals surface area contributed by atoms with Gasteiger partial charge in [0.05, 0.1) is 6.54 Å². The van der Waals surface area contributed by atoms with Crippen molar-refractivity contribution in [1.82, 2.24) is 15.1 Å². The minimum absolute atomic E-state index is 0.161. The predicted octanol–water partition coefficient (Wildman–Crippen LogP) is 0.648. The van der Waals surface area contributed by atoms with E-state index in [0.29, 0.717) is 12.6 Å². The van der Waals surface area contributed by atoms with Crippen LogP contribution in [-0.4, -0.2) is 67.6 Å². The van der Waals surface area contributed by atoms with Crippen LogP contribution in [0.25, 0.3) is 0 Å². The summed E-state index contributed by atoms with van der Waals surface area (Å²) >= 11 is 0. The Morgan fingerprint density at radius 2 is 2.05 bits per heavy atom. The van der Waals surface area contributed by atoms with E-state index in [-0.39, 0.29) is 5.91 Å². The fourth-order valence-electron chi connectivity index (χ4n) is 2.87. The zero-order valence-corrected chi connectivity index (χ0v) is 13.2. The summed E-state index contributed by atoms with van der Waals surface area (Å²) in [6, 6.07) is 0.605. The number of hydrogen-bond donors (Lipinski definition) is 2. The van der Waals surface area contributed by atoms with Crippen LogP contribution in [0.5, 0.6) is 0 Å². The minimum atomic E-state index is 0.161. The third kappa shape index (κ3) is 6.20. The van der Waals surface area contributed by atoms with E-state index in [1.54, 1.807) is 0 Å². The van der Waals surface area contributed by atoms with Crippen molar-refractivity contribution < 1.29 is 4.79 Å². The lowest BCUT2D eigenvalue weighted by molar-refractivity contribution is -0.122. The van der Waals surface area contributed by atoms with Crippen LogP contribution in [0.15, 0.2) is 0 Å². The number of rotatable bonds is 8. The highest BCUT2D eigenvalue weighted by atomic mass is 16.2. The summed E-state index contributed by atoms with van der Waals surface area (Å²) in [5, 5.41) is 2.95. The van der Waals surface area contributed by atoms with Crippen LogP contribution < -0.4 is 11.1 Å². The van der Waals surface area contributed by atoms with Crippen LogP contribution in [0.3, 0.4) is 0 Å². The predicted molar refractivity (Wildman–Crippen MR) is 83.7 cm³/mol. The third-order valence-corrected chi connectivity index (χ3v) is 4.05.